The molecule has 3 N–H and O–H groups in total. The molecule has 0 saturated heterocycles. The molecule has 0 bridgehead atoms. The predicted molar refractivity (Wildman–Crippen MR) is 76.9 cm³/mol. The first-order valence-corrected chi connectivity index (χ1v) is 7.61. The highest BCUT2D eigenvalue weighted by Gasteiger charge is 2.45. The number of nitrogens with one attached hydrogen (secondary N) is 1. The summed E-state index contributed by atoms with van der Waals surface area (Å²) < 4.78 is 5.65. The van der Waals surface area contributed by atoms with Crippen LogP contribution in [0.1, 0.15) is 25.7 Å². The Bertz CT molecular complexity index is 511. The van der Waals surface area contributed by atoms with Crippen LogP contribution in [0.3, 0.4) is 0 Å². The number of amides is 1. The molecule has 2 aliphatic rings. The minimum Gasteiger partial charge on any atom is -0.476 e. The van der Waals surface area contributed by atoms with Gasteiger partial charge in [-0.05, 0) is 25.7 Å². The Morgan fingerprint density at radius 1 is 1.32 bits per heavy atom. The molecule has 2 unspecified atom stereocenters. The lowest BCUT2D eigenvalue weighted by molar-refractivity contribution is -0.123. The molecular formula is C15H21N3O4. The van der Waals surface area contributed by atoms with Crippen molar-refractivity contribution in [1.29, 1.82) is 0 Å². The van der Waals surface area contributed by atoms with Gasteiger partial charge in [0, 0.05) is 30.3 Å². The summed E-state index contributed by atoms with van der Waals surface area (Å²) in [4.78, 5) is 19.8. The Labute approximate surface area is 128 Å². The minimum atomic E-state index is -0.789. The second-order valence-electron chi connectivity index (χ2n) is 6.37. The van der Waals surface area contributed by atoms with Gasteiger partial charge in [-0.15, -0.1) is 0 Å². The lowest BCUT2D eigenvalue weighted by Gasteiger charge is -2.28. The van der Waals surface area contributed by atoms with E-state index in [1.54, 1.807) is 6.20 Å². The Kier molecular flexibility index (Phi) is 4.26. The molecule has 1 amide bonds. The molecule has 0 spiro atoms. The summed E-state index contributed by atoms with van der Waals surface area (Å²) in [6, 6.07) is 0. The van der Waals surface area contributed by atoms with E-state index < -0.39 is 17.6 Å². The van der Waals surface area contributed by atoms with Gasteiger partial charge in [-0.25, -0.2) is 4.98 Å². The highest BCUT2D eigenvalue weighted by Crippen LogP contribution is 2.39. The molecule has 1 aromatic rings. The molecule has 2 atom stereocenters. The summed E-state index contributed by atoms with van der Waals surface area (Å²) in [5, 5.41) is 22.7. The van der Waals surface area contributed by atoms with Gasteiger partial charge in [0.05, 0.1) is 25.0 Å². The van der Waals surface area contributed by atoms with Crippen molar-refractivity contribution in [2.75, 3.05) is 13.2 Å². The van der Waals surface area contributed by atoms with Crippen LogP contribution in [0.25, 0.3) is 0 Å². The number of aliphatic hydroxyl groups is 2. The van der Waals surface area contributed by atoms with Crippen molar-refractivity contribution in [3.63, 3.8) is 0 Å². The summed E-state index contributed by atoms with van der Waals surface area (Å²) >= 11 is 0. The Balaban J connectivity index is 1.62. The van der Waals surface area contributed by atoms with Crippen LogP contribution >= 0.6 is 0 Å². The first-order valence-electron chi connectivity index (χ1n) is 7.61. The molecule has 7 heteroatoms. The van der Waals surface area contributed by atoms with Gasteiger partial charge in [0.25, 0.3) is 0 Å². The molecule has 0 radical (unpaired) electrons. The molecule has 7 nitrogen and oxygen atoms in total. The molecule has 2 saturated carbocycles. The van der Waals surface area contributed by atoms with E-state index in [1.165, 1.54) is 12.4 Å². The van der Waals surface area contributed by atoms with Crippen LogP contribution in [0.4, 0.5) is 0 Å². The normalized spacial score (nSPS) is 31.0. The van der Waals surface area contributed by atoms with Crippen molar-refractivity contribution in [3.05, 3.63) is 18.6 Å². The van der Waals surface area contributed by atoms with Gasteiger partial charge in [-0.1, -0.05) is 0 Å². The number of hydrogen-bond acceptors (Lipinski definition) is 6. The number of aliphatic hydroxyl groups excluding tert-OH is 2. The second-order valence-corrected chi connectivity index (χ2v) is 6.37. The number of rotatable bonds is 6. The summed E-state index contributed by atoms with van der Waals surface area (Å²) in [5.41, 5.74) is -0.485. The average Bonchev–Trinajstić information content (AvgIpc) is 3.32. The van der Waals surface area contributed by atoms with Gasteiger partial charge in [0.15, 0.2) is 0 Å². The summed E-state index contributed by atoms with van der Waals surface area (Å²) in [6.07, 6.45) is 5.69. The van der Waals surface area contributed by atoms with Crippen molar-refractivity contribution < 1.29 is 19.7 Å². The topological polar surface area (TPSA) is 105 Å². The van der Waals surface area contributed by atoms with E-state index in [1.807, 2.05) is 0 Å². The zero-order valence-electron chi connectivity index (χ0n) is 12.3. The van der Waals surface area contributed by atoms with Gasteiger partial charge < -0.3 is 20.3 Å². The summed E-state index contributed by atoms with van der Waals surface area (Å²) in [7, 11) is 0. The molecule has 2 aliphatic carbocycles. The third kappa shape index (κ3) is 3.53. The number of carbonyl (C=O) groups excluding carboxylic acids is 1. The standard InChI is InChI=1S/C15H21N3O4/c19-11-5-15(6-12(11)20,8-18-14(21)10-1-2-10)9-22-13-7-16-3-4-17-13/h3-4,7,10-12,19-20H,1-2,5-6,8-9H2,(H,18,21). The fraction of sp³-hybridized carbons (Fsp3) is 0.667. The second kappa shape index (κ2) is 6.18. The minimum absolute atomic E-state index is 0.0507. The maximum absolute atomic E-state index is 11.8. The lowest BCUT2D eigenvalue weighted by atomic mass is 9.86. The lowest BCUT2D eigenvalue weighted by Crippen LogP contribution is -2.41. The maximum Gasteiger partial charge on any atom is 0.232 e. The molecule has 3 rings (SSSR count). The van der Waals surface area contributed by atoms with Crippen molar-refractivity contribution in [3.8, 4) is 5.88 Å². The monoisotopic (exact) mass is 307 g/mol. The van der Waals surface area contributed by atoms with E-state index in [0.717, 1.165) is 12.8 Å². The highest BCUT2D eigenvalue weighted by molar-refractivity contribution is 5.80. The summed E-state index contributed by atoms with van der Waals surface area (Å²) in [6.45, 7) is 0.654. The smallest absolute Gasteiger partial charge is 0.232 e. The number of nitrogens with zero attached hydrogens (tertiary/aromatic N) is 2. The van der Waals surface area contributed by atoms with Crippen LogP contribution in [-0.2, 0) is 4.79 Å². The van der Waals surface area contributed by atoms with Crippen LogP contribution in [-0.4, -0.2) is 51.4 Å². The van der Waals surface area contributed by atoms with Crippen molar-refractivity contribution in [2.45, 2.75) is 37.9 Å². The first-order chi connectivity index (χ1) is 10.6. The third-order valence-corrected chi connectivity index (χ3v) is 4.38. The fourth-order valence-electron chi connectivity index (χ4n) is 2.91. The van der Waals surface area contributed by atoms with Crippen LogP contribution in [0.2, 0.25) is 0 Å². The molecule has 2 fully saturated rings. The number of aromatic nitrogens is 2. The zero-order chi connectivity index (χ0) is 15.6. The molecule has 22 heavy (non-hydrogen) atoms. The van der Waals surface area contributed by atoms with Gasteiger partial charge in [0.2, 0.25) is 11.8 Å². The SMILES string of the molecule is O=C(NCC1(COc2cnccn2)CC(O)C(O)C1)C1CC1. The summed E-state index contributed by atoms with van der Waals surface area (Å²) in [5.74, 6) is 0.579. The van der Waals surface area contributed by atoms with Crippen molar-refractivity contribution >= 4 is 5.91 Å². The first kappa shape index (κ1) is 15.2. The molecule has 120 valence electrons. The average molecular weight is 307 g/mol. The molecular weight excluding hydrogens is 286 g/mol. The van der Waals surface area contributed by atoms with Gasteiger partial charge in [-0.2, -0.15) is 0 Å². The van der Waals surface area contributed by atoms with Crippen LogP contribution in [0.15, 0.2) is 18.6 Å². The van der Waals surface area contributed by atoms with Crippen LogP contribution < -0.4 is 10.1 Å². The number of ether oxygens (including phenoxy) is 1. The molecule has 1 heterocycles. The van der Waals surface area contributed by atoms with Crippen molar-refractivity contribution in [2.24, 2.45) is 11.3 Å². The fourth-order valence-corrected chi connectivity index (χ4v) is 2.91. The number of hydrogen-bond donors (Lipinski definition) is 3. The quantitative estimate of drug-likeness (QED) is 0.677. The van der Waals surface area contributed by atoms with Gasteiger partial charge in [0.1, 0.15) is 0 Å². The van der Waals surface area contributed by atoms with Gasteiger partial charge >= 0.3 is 0 Å². The molecule has 1 aromatic heterocycles. The van der Waals surface area contributed by atoms with Crippen LogP contribution in [0, 0.1) is 11.3 Å². The van der Waals surface area contributed by atoms with Crippen molar-refractivity contribution in [1.82, 2.24) is 15.3 Å². The van der Waals surface area contributed by atoms with Crippen LogP contribution in [0.5, 0.6) is 5.88 Å². The largest absolute Gasteiger partial charge is 0.476 e. The Morgan fingerprint density at radius 3 is 2.64 bits per heavy atom. The van der Waals surface area contributed by atoms with E-state index in [0.29, 0.717) is 25.3 Å². The Morgan fingerprint density at radius 2 is 2.05 bits per heavy atom. The highest BCUT2D eigenvalue weighted by atomic mass is 16.5. The third-order valence-electron chi connectivity index (χ3n) is 4.38. The van der Waals surface area contributed by atoms with E-state index in [-0.39, 0.29) is 18.4 Å². The Hall–Kier alpha value is -1.73. The van der Waals surface area contributed by atoms with E-state index >= 15 is 0 Å². The van der Waals surface area contributed by atoms with E-state index in [4.69, 9.17) is 4.74 Å². The zero-order valence-corrected chi connectivity index (χ0v) is 12.3. The maximum atomic E-state index is 11.8. The van der Waals surface area contributed by atoms with E-state index in [9.17, 15) is 15.0 Å². The van der Waals surface area contributed by atoms with Gasteiger partial charge in [-0.3, -0.25) is 9.78 Å². The molecule has 0 aromatic carbocycles. The van der Waals surface area contributed by atoms with E-state index in [2.05, 4.69) is 15.3 Å². The molecule has 0 aliphatic heterocycles. The predicted octanol–water partition coefficient (Wildman–Crippen LogP) is -0.116. The number of carbonyl (C=O) groups is 1.